The van der Waals surface area contributed by atoms with Crippen molar-refractivity contribution in [2.45, 2.75) is 6.92 Å². The van der Waals surface area contributed by atoms with E-state index < -0.39 is 0 Å². The second-order valence-electron chi connectivity index (χ2n) is 4.32. The van der Waals surface area contributed by atoms with Gasteiger partial charge in [-0.2, -0.15) is 11.8 Å². The predicted octanol–water partition coefficient (Wildman–Crippen LogP) is 1.97. The Bertz CT molecular complexity index is 353. The Hall–Kier alpha value is -0.940. The average molecular weight is 266 g/mol. The van der Waals surface area contributed by atoms with Gasteiger partial charge in [0.2, 0.25) is 0 Å². The zero-order chi connectivity index (χ0) is 12.6. The average Bonchev–Trinajstić information content (AvgIpc) is 2.41. The van der Waals surface area contributed by atoms with E-state index in [1.165, 1.54) is 24.6 Å². The Balaban J connectivity index is 1.73. The number of pyridine rings is 1. The van der Waals surface area contributed by atoms with E-state index in [1.807, 2.05) is 18.2 Å². The second-order valence-corrected chi connectivity index (χ2v) is 5.54. The summed E-state index contributed by atoms with van der Waals surface area (Å²) < 4.78 is 0. The molecule has 2 rings (SSSR count). The predicted molar refractivity (Wildman–Crippen MR) is 80.7 cm³/mol. The van der Waals surface area contributed by atoms with Crippen molar-refractivity contribution in [1.82, 2.24) is 9.88 Å². The van der Waals surface area contributed by atoms with Crippen molar-refractivity contribution < 1.29 is 0 Å². The highest BCUT2D eigenvalue weighted by Gasteiger charge is 2.09. The molecule has 4 nitrogen and oxygen atoms in total. The van der Waals surface area contributed by atoms with E-state index in [4.69, 9.17) is 0 Å². The quantitative estimate of drug-likeness (QED) is 0.824. The summed E-state index contributed by atoms with van der Waals surface area (Å²) in [4.78, 5) is 7.01. The van der Waals surface area contributed by atoms with Crippen molar-refractivity contribution in [3.63, 3.8) is 0 Å². The Morgan fingerprint density at radius 2 is 1.94 bits per heavy atom. The van der Waals surface area contributed by atoms with Gasteiger partial charge in [0, 0.05) is 44.2 Å². The van der Waals surface area contributed by atoms with E-state index in [0.29, 0.717) is 0 Å². The van der Waals surface area contributed by atoms with Gasteiger partial charge < -0.3 is 10.6 Å². The van der Waals surface area contributed by atoms with E-state index in [2.05, 4.69) is 39.2 Å². The fourth-order valence-electron chi connectivity index (χ4n) is 1.98. The van der Waals surface area contributed by atoms with Crippen LogP contribution in [-0.4, -0.2) is 54.1 Å². The normalized spacial score (nSPS) is 16.5. The van der Waals surface area contributed by atoms with E-state index in [-0.39, 0.29) is 0 Å². The van der Waals surface area contributed by atoms with Gasteiger partial charge in [0.05, 0.1) is 0 Å². The number of nitrogens with one attached hydrogen (secondary N) is 2. The van der Waals surface area contributed by atoms with Gasteiger partial charge in [-0.1, -0.05) is 6.07 Å². The van der Waals surface area contributed by atoms with Crippen LogP contribution in [0.25, 0.3) is 0 Å². The van der Waals surface area contributed by atoms with E-state index in [9.17, 15) is 0 Å². The van der Waals surface area contributed by atoms with Crippen LogP contribution in [-0.2, 0) is 0 Å². The third-order valence-electron chi connectivity index (χ3n) is 2.94. The maximum absolute atomic E-state index is 4.50. The minimum absolute atomic E-state index is 0.905. The molecule has 1 saturated heterocycles. The van der Waals surface area contributed by atoms with Crippen molar-refractivity contribution in [3.05, 3.63) is 18.2 Å². The summed E-state index contributed by atoms with van der Waals surface area (Å²) in [5.41, 5.74) is 0. The smallest absolute Gasteiger partial charge is 0.128 e. The van der Waals surface area contributed by atoms with E-state index in [0.717, 1.165) is 31.3 Å². The Kier molecular flexibility index (Phi) is 5.61. The van der Waals surface area contributed by atoms with Gasteiger partial charge in [-0.25, -0.2) is 4.98 Å². The molecule has 0 aliphatic carbocycles. The first-order valence-corrected chi connectivity index (χ1v) is 7.79. The Morgan fingerprint density at radius 3 is 2.67 bits per heavy atom. The summed E-state index contributed by atoms with van der Waals surface area (Å²) >= 11 is 2.05. The number of aromatic nitrogens is 1. The largest absolute Gasteiger partial charge is 0.370 e. The lowest BCUT2D eigenvalue weighted by Gasteiger charge is -2.26. The lowest BCUT2D eigenvalue weighted by Crippen LogP contribution is -2.36. The zero-order valence-electron chi connectivity index (χ0n) is 11.0. The summed E-state index contributed by atoms with van der Waals surface area (Å²) in [5, 5.41) is 6.61. The minimum atomic E-state index is 0.905. The first-order chi connectivity index (χ1) is 8.88. The van der Waals surface area contributed by atoms with Crippen molar-refractivity contribution >= 4 is 23.4 Å². The highest BCUT2D eigenvalue weighted by molar-refractivity contribution is 7.99. The van der Waals surface area contributed by atoms with E-state index >= 15 is 0 Å². The molecule has 1 fully saturated rings. The molecule has 2 N–H and O–H groups in total. The van der Waals surface area contributed by atoms with Gasteiger partial charge in [0.15, 0.2) is 0 Å². The molecule has 0 unspecified atom stereocenters. The van der Waals surface area contributed by atoms with Crippen LogP contribution in [0.4, 0.5) is 11.6 Å². The van der Waals surface area contributed by atoms with Crippen LogP contribution in [0.3, 0.4) is 0 Å². The number of anilines is 2. The van der Waals surface area contributed by atoms with Crippen LogP contribution in [0.1, 0.15) is 6.92 Å². The number of rotatable bonds is 6. The van der Waals surface area contributed by atoms with Crippen LogP contribution in [0.5, 0.6) is 0 Å². The van der Waals surface area contributed by atoms with Crippen LogP contribution < -0.4 is 10.6 Å². The summed E-state index contributed by atoms with van der Waals surface area (Å²) in [7, 11) is 0. The maximum Gasteiger partial charge on any atom is 0.128 e. The van der Waals surface area contributed by atoms with Gasteiger partial charge >= 0.3 is 0 Å². The standard InChI is InChI=1S/C13H22N4S/c1-2-14-12-4-3-5-13(16-12)15-6-7-17-8-10-18-11-9-17/h3-5H,2,6-11H2,1H3,(H2,14,15,16). The molecule has 5 heteroatoms. The van der Waals surface area contributed by atoms with Gasteiger partial charge in [-0.05, 0) is 19.1 Å². The van der Waals surface area contributed by atoms with Crippen molar-refractivity contribution in [3.8, 4) is 0 Å². The molecule has 0 aromatic carbocycles. The molecular formula is C13H22N4S. The second kappa shape index (κ2) is 7.48. The van der Waals surface area contributed by atoms with E-state index in [1.54, 1.807) is 0 Å². The monoisotopic (exact) mass is 266 g/mol. The molecule has 1 aliphatic rings. The summed E-state index contributed by atoms with van der Waals surface area (Å²) in [6.45, 7) is 7.49. The molecule has 0 saturated carbocycles. The molecule has 0 radical (unpaired) electrons. The third-order valence-corrected chi connectivity index (χ3v) is 3.89. The van der Waals surface area contributed by atoms with Crippen LogP contribution in [0.2, 0.25) is 0 Å². The zero-order valence-corrected chi connectivity index (χ0v) is 11.8. The molecule has 18 heavy (non-hydrogen) atoms. The first-order valence-electron chi connectivity index (χ1n) is 6.63. The molecule has 1 aromatic rings. The van der Waals surface area contributed by atoms with Crippen molar-refractivity contribution in [2.75, 3.05) is 54.9 Å². The molecule has 2 heterocycles. The van der Waals surface area contributed by atoms with Crippen LogP contribution >= 0.6 is 11.8 Å². The Labute approximate surface area is 114 Å². The molecule has 0 spiro atoms. The molecule has 100 valence electrons. The molecule has 0 atom stereocenters. The number of thioether (sulfide) groups is 1. The summed E-state index contributed by atoms with van der Waals surface area (Å²) in [6.07, 6.45) is 0. The fourth-order valence-corrected chi connectivity index (χ4v) is 2.96. The third kappa shape index (κ3) is 4.38. The van der Waals surface area contributed by atoms with Crippen LogP contribution in [0, 0.1) is 0 Å². The lowest BCUT2D eigenvalue weighted by atomic mass is 10.4. The van der Waals surface area contributed by atoms with Crippen molar-refractivity contribution in [1.29, 1.82) is 0 Å². The maximum atomic E-state index is 4.50. The lowest BCUT2D eigenvalue weighted by molar-refractivity contribution is 0.314. The van der Waals surface area contributed by atoms with Gasteiger partial charge in [0.25, 0.3) is 0 Å². The van der Waals surface area contributed by atoms with Crippen LogP contribution in [0.15, 0.2) is 18.2 Å². The molecular weight excluding hydrogens is 244 g/mol. The number of hydrogen-bond acceptors (Lipinski definition) is 5. The molecule has 0 bridgehead atoms. The first kappa shape index (κ1) is 13.5. The summed E-state index contributed by atoms with van der Waals surface area (Å²) in [5.74, 6) is 4.44. The van der Waals surface area contributed by atoms with Gasteiger partial charge in [0.1, 0.15) is 11.6 Å². The number of hydrogen-bond donors (Lipinski definition) is 2. The summed E-state index contributed by atoms with van der Waals surface area (Å²) in [6, 6.07) is 6.05. The topological polar surface area (TPSA) is 40.2 Å². The molecule has 0 amide bonds. The number of nitrogens with zero attached hydrogens (tertiary/aromatic N) is 2. The molecule has 1 aliphatic heterocycles. The SMILES string of the molecule is CCNc1cccc(NCCN2CCSCC2)n1. The fraction of sp³-hybridized carbons (Fsp3) is 0.615. The van der Waals surface area contributed by atoms with Crippen molar-refractivity contribution in [2.24, 2.45) is 0 Å². The molecule has 1 aromatic heterocycles. The van der Waals surface area contributed by atoms with Gasteiger partial charge in [-0.3, -0.25) is 4.90 Å². The van der Waals surface area contributed by atoms with Gasteiger partial charge in [-0.15, -0.1) is 0 Å². The Morgan fingerprint density at radius 1 is 1.22 bits per heavy atom. The minimum Gasteiger partial charge on any atom is -0.370 e. The highest BCUT2D eigenvalue weighted by Crippen LogP contribution is 2.10. The highest BCUT2D eigenvalue weighted by atomic mass is 32.2.